The highest BCUT2D eigenvalue weighted by molar-refractivity contribution is 8.01. The van der Waals surface area contributed by atoms with Crippen LogP contribution in [-0.4, -0.2) is 35.8 Å². The van der Waals surface area contributed by atoms with E-state index >= 15 is 0 Å². The molecule has 6 heteroatoms. The van der Waals surface area contributed by atoms with E-state index in [1.807, 2.05) is 51.0 Å². The van der Waals surface area contributed by atoms with Crippen molar-refractivity contribution in [2.45, 2.75) is 18.2 Å². The van der Waals surface area contributed by atoms with Gasteiger partial charge in [0.05, 0.1) is 5.75 Å². The van der Waals surface area contributed by atoms with Gasteiger partial charge < -0.3 is 4.90 Å². The first-order valence-corrected chi connectivity index (χ1v) is 8.01. The van der Waals surface area contributed by atoms with Crippen molar-refractivity contribution in [2.75, 3.05) is 24.7 Å². The summed E-state index contributed by atoms with van der Waals surface area (Å²) in [6.45, 7) is 4.00. The molecule has 1 heterocycles. The molecule has 2 aromatic rings. The molecule has 0 bridgehead atoms. The quantitative estimate of drug-likeness (QED) is 0.627. The van der Waals surface area contributed by atoms with Crippen molar-refractivity contribution in [1.82, 2.24) is 10.2 Å². The van der Waals surface area contributed by atoms with E-state index in [-0.39, 0.29) is 5.78 Å². The molecule has 1 aromatic carbocycles. The highest BCUT2D eigenvalue weighted by atomic mass is 32.2. The maximum Gasteiger partial charge on any atom is 0.208 e. The number of aryl methyl sites for hydroxylation is 2. The maximum atomic E-state index is 12.2. The van der Waals surface area contributed by atoms with Crippen LogP contribution in [0.15, 0.2) is 22.5 Å². The summed E-state index contributed by atoms with van der Waals surface area (Å²) >= 11 is 2.94. The van der Waals surface area contributed by atoms with Crippen molar-refractivity contribution >= 4 is 34.0 Å². The summed E-state index contributed by atoms with van der Waals surface area (Å²) in [4.78, 5) is 14.1. The summed E-state index contributed by atoms with van der Waals surface area (Å²) in [5.41, 5.74) is 2.99. The number of nitrogens with zero attached hydrogens (tertiary/aromatic N) is 3. The second-order valence-electron chi connectivity index (χ2n) is 4.78. The van der Waals surface area contributed by atoms with Crippen LogP contribution in [0.3, 0.4) is 0 Å². The van der Waals surface area contributed by atoms with Crippen molar-refractivity contribution in [3.63, 3.8) is 0 Å². The highest BCUT2D eigenvalue weighted by Gasteiger charge is 2.12. The van der Waals surface area contributed by atoms with Crippen LogP contribution in [0.1, 0.15) is 21.5 Å². The molecule has 0 saturated heterocycles. The minimum Gasteiger partial charge on any atom is -0.353 e. The van der Waals surface area contributed by atoms with Crippen molar-refractivity contribution in [3.05, 3.63) is 34.9 Å². The number of hydrogen-bond donors (Lipinski definition) is 0. The summed E-state index contributed by atoms with van der Waals surface area (Å²) in [6.07, 6.45) is 0. The largest absolute Gasteiger partial charge is 0.353 e. The Labute approximate surface area is 127 Å². The normalized spacial score (nSPS) is 10.6. The molecule has 0 unspecified atom stereocenters. The number of benzene rings is 1. The third-order valence-electron chi connectivity index (χ3n) is 2.79. The molecular weight excluding hydrogens is 290 g/mol. The lowest BCUT2D eigenvalue weighted by Crippen LogP contribution is -2.07. The zero-order chi connectivity index (χ0) is 14.7. The molecule has 4 nitrogen and oxygen atoms in total. The van der Waals surface area contributed by atoms with E-state index in [4.69, 9.17) is 0 Å². The lowest BCUT2D eigenvalue weighted by Gasteiger charge is -2.05. The fraction of sp³-hybridized carbons (Fsp3) is 0.357. The lowest BCUT2D eigenvalue weighted by molar-refractivity contribution is 0.102. The fourth-order valence-corrected chi connectivity index (χ4v) is 3.42. The third kappa shape index (κ3) is 3.58. The van der Waals surface area contributed by atoms with Crippen LogP contribution in [0.25, 0.3) is 0 Å². The minimum absolute atomic E-state index is 0.133. The van der Waals surface area contributed by atoms with Gasteiger partial charge in [-0.3, -0.25) is 4.79 Å². The van der Waals surface area contributed by atoms with Crippen molar-refractivity contribution in [3.8, 4) is 0 Å². The number of rotatable bonds is 5. The average Bonchev–Trinajstić information content (AvgIpc) is 2.85. The fourth-order valence-electron chi connectivity index (χ4n) is 1.77. The standard InChI is InChI=1S/C14H17N3OS2/c1-9-5-6-11(10(2)7-9)12(18)8-19-14-16-15-13(20-14)17(3)4/h5-7H,8H2,1-4H3. The second-order valence-corrected chi connectivity index (χ2v) is 6.95. The molecule has 0 fully saturated rings. The van der Waals surface area contributed by atoms with E-state index in [0.717, 1.165) is 20.6 Å². The van der Waals surface area contributed by atoms with Crippen LogP contribution in [0.5, 0.6) is 0 Å². The number of hydrogen-bond acceptors (Lipinski definition) is 6. The molecule has 20 heavy (non-hydrogen) atoms. The Morgan fingerprint density at radius 1 is 1.30 bits per heavy atom. The van der Waals surface area contributed by atoms with Gasteiger partial charge in [-0.05, 0) is 19.4 Å². The molecule has 0 aliphatic heterocycles. The summed E-state index contributed by atoms with van der Waals surface area (Å²) in [7, 11) is 3.85. The maximum absolute atomic E-state index is 12.2. The number of aromatic nitrogens is 2. The molecular formula is C14H17N3OS2. The van der Waals surface area contributed by atoms with E-state index < -0.39 is 0 Å². The van der Waals surface area contributed by atoms with Gasteiger partial charge in [-0.2, -0.15) is 0 Å². The number of carbonyl (C=O) groups is 1. The Hall–Kier alpha value is -1.40. The average molecular weight is 307 g/mol. The van der Waals surface area contributed by atoms with Gasteiger partial charge >= 0.3 is 0 Å². The van der Waals surface area contributed by atoms with Gasteiger partial charge in [-0.25, -0.2) is 0 Å². The molecule has 106 valence electrons. The topological polar surface area (TPSA) is 46.1 Å². The summed E-state index contributed by atoms with van der Waals surface area (Å²) in [5.74, 6) is 0.528. The molecule has 0 amide bonds. The number of ketones is 1. The molecule has 0 saturated carbocycles. The Kier molecular flexibility index (Phi) is 4.77. The molecule has 0 atom stereocenters. The van der Waals surface area contributed by atoms with Gasteiger partial charge in [0.25, 0.3) is 0 Å². The smallest absolute Gasteiger partial charge is 0.208 e. The monoisotopic (exact) mass is 307 g/mol. The Morgan fingerprint density at radius 2 is 2.05 bits per heavy atom. The number of anilines is 1. The van der Waals surface area contributed by atoms with Gasteiger partial charge in [0.2, 0.25) is 5.13 Å². The van der Waals surface area contributed by atoms with Gasteiger partial charge in [-0.15, -0.1) is 10.2 Å². The van der Waals surface area contributed by atoms with Crippen molar-refractivity contribution < 1.29 is 4.79 Å². The first-order valence-electron chi connectivity index (χ1n) is 6.21. The van der Waals surface area contributed by atoms with E-state index in [9.17, 15) is 4.79 Å². The van der Waals surface area contributed by atoms with Crippen LogP contribution in [0.2, 0.25) is 0 Å². The number of thioether (sulfide) groups is 1. The second kappa shape index (κ2) is 6.37. The molecule has 0 N–H and O–H groups in total. The summed E-state index contributed by atoms with van der Waals surface area (Å²) in [5, 5.41) is 8.99. The summed E-state index contributed by atoms with van der Waals surface area (Å²) in [6, 6.07) is 5.91. The Bertz CT molecular complexity index is 623. The van der Waals surface area contributed by atoms with Gasteiger partial charge in [0.15, 0.2) is 10.1 Å². The van der Waals surface area contributed by atoms with Crippen molar-refractivity contribution in [2.24, 2.45) is 0 Å². The van der Waals surface area contributed by atoms with Crippen molar-refractivity contribution in [1.29, 1.82) is 0 Å². The number of Topliss-reactive ketones (excluding diaryl/α,β-unsaturated/α-hetero) is 1. The van der Waals surface area contributed by atoms with E-state index in [2.05, 4.69) is 10.2 Å². The van der Waals surface area contributed by atoms with Gasteiger partial charge in [-0.1, -0.05) is 46.9 Å². The molecule has 0 radical (unpaired) electrons. The van der Waals surface area contributed by atoms with E-state index in [1.165, 1.54) is 28.7 Å². The predicted molar refractivity (Wildman–Crippen MR) is 85.2 cm³/mol. The minimum atomic E-state index is 0.133. The zero-order valence-corrected chi connectivity index (χ0v) is 13.6. The molecule has 0 spiro atoms. The summed E-state index contributed by atoms with van der Waals surface area (Å²) < 4.78 is 0.826. The van der Waals surface area contributed by atoms with E-state index in [0.29, 0.717) is 5.75 Å². The van der Waals surface area contributed by atoms with Crippen LogP contribution in [0, 0.1) is 13.8 Å². The lowest BCUT2D eigenvalue weighted by atomic mass is 10.0. The van der Waals surface area contributed by atoms with E-state index in [1.54, 1.807) is 0 Å². The third-order valence-corrected chi connectivity index (χ3v) is 5.01. The Morgan fingerprint density at radius 3 is 2.65 bits per heavy atom. The van der Waals surface area contributed by atoms with Gasteiger partial charge in [0.1, 0.15) is 0 Å². The Balaban J connectivity index is 2.01. The molecule has 0 aliphatic rings. The first-order chi connectivity index (χ1) is 9.47. The molecule has 2 rings (SSSR count). The van der Waals surface area contributed by atoms with Crippen LogP contribution in [-0.2, 0) is 0 Å². The first kappa shape index (κ1) is 15.0. The zero-order valence-electron chi connectivity index (χ0n) is 12.0. The van der Waals surface area contributed by atoms with Gasteiger partial charge in [0, 0.05) is 19.7 Å². The SMILES string of the molecule is Cc1ccc(C(=O)CSc2nnc(N(C)C)s2)c(C)c1. The predicted octanol–water partition coefficient (Wildman–Crippen LogP) is 3.20. The van der Waals surface area contributed by atoms with Crippen LogP contribution in [0.4, 0.5) is 5.13 Å². The van der Waals surface area contributed by atoms with Crippen LogP contribution < -0.4 is 4.90 Å². The van der Waals surface area contributed by atoms with Crippen LogP contribution >= 0.6 is 23.1 Å². The highest BCUT2D eigenvalue weighted by Crippen LogP contribution is 2.27. The molecule has 1 aromatic heterocycles. The molecule has 0 aliphatic carbocycles. The number of carbonyl (C=O) groups excluding carboxylic acids is 1.